The van der Waals surface area contributed by atoms with Crippen molar-refractivity contribution in [2.24, 2.45) is 0 Å². The van der Waals surface area contributed by atoms with Gasteiger partial charge in [0.15, 0.2) is 5.65 Å². The topological polar surface area (TPSA) is 122 Å². The first kappa shape index (κ1) is 17.4. The normalized spacial score (nSPS) is 12.7. The second kappa shape index (κ2) is 6.28. The molecule has 2 aromatic rings. The molecule has 0 fully saturated rings. The van der Waals surface area contributed by atoms with Gasteiger partial charge in [0.2, 0.25) is 16.0 Å². The maximum atomic E-state index is 12.1. The summed E-state index contributed by atoms with van der Waals surface area (Å²) >= 11 is 0. The van der Waals surface area contributed by atoms with Crippen LogP contribution in [0.1, 0.15) is 27.2 Å². The average Bonchev–Trinajstić information content (AvgIpc) is 2.81. The van der Waals surface area contributed by atoms with E-state index in [9.17, 15) is 13.2 Å². The summed E-state index contributed by atoms with van der Waals surface area (Å²) in [6, 6.07) is 0. The van der Waals surface area contributed by atoms with Crippen molar-refractivity contribution in [2.75, 3.05) is 24.7 Å². The highest BCUT2D eigenvalue weighted by Crippen LogP contribution is 2.18. The highest BCUT2D eigenvalue weighted by Gasteiger charge is 2.19. The van der Waals surface area contributed by atoms with Crippen molar-refractivity contribution in [1.82, 2.24) is 24.5 Å². The van der Waals surface area contributed by atoms with Gasteiger partial charge in [-0.25, -0.2) is 17.8 Å². The van der Waals surface area contributed by atoms with Crippen molar-refractivity contribution >= 4 is 27.0 Å². The lowest BCUT2D eigenvalue weighted by molar-refractivity contribution is 0.366. The zero-order chi connectivity index (χ0) is 17.3. The van der Waals surface area contributed by atoms with E-state index in [1.54, 1.807) is 4.68 Å². The van der Waals surface area contributed by atoms with Crippen LogP contribution in [0.3, 0.4) is 0 Å². The van der Waals surface area contributed by atoms with E-state index in [1.807, 2.05) is 20.8 Å². The van der Waals surface area contributed by atoms with Gasteiger partial charge in [0, 0.05) is 13.1 Å². The maximum absolute atomic E-state index is 12.1. The van der Waals surface area contributed by atoms with Crippen LogP contribution in [-0.4, -0.2) is 47.5 Å². The van der Waals surface area contributed by atoms with Crippen LogP contribution in [0.5, 0.6) is 0 Å². The molecule has 0 amide bonds. The summed E-state index contributed by atoms with van der Waals surface area (Å²) in [5.74, 6) is 0.341. The predicted molar refractivity (Wildman–Crippen MR) is 89.1 cm³/mol. The molecule has 0 bridgehead atoms. The Morgan fingerprint density at radius 1 is 1.30 bits per heavy atom. The SMILES string of the molecule is CC(C)(C)n1ncc2c(=O)[nH]c(NCCCNS(C)(=O)=O)nc21. The summed E-state index contributed by atoms with van der Waals surface area (Å²) in [5, 5.41) is 7.66. The molecule has 10 heteroatoms. The van der Waals surface area contributed by atoms with Crippen LogP contribution in [0.4, 0.5) is 5.95 Å². The zero-order valence-corrected chi connectivity index (χ0v) is 14.5. The molecule has 23 heavy (non-hydrogen) atoms. The Morgan fingerprint density at radius 2 is 2.00 bits per heavy atom. The van der Waals surface area contributed by atoms with Crippen molar-refractivity contribution in [1.29, 1.82) is 0 Å². The Kier molecular flexibility index (Phi) is 4.76. The molecule has 0 aromatic carbocycles. The number of hydrogen-bond acceptors (Lipinski definition) is 6. The molecule has 0 unspecified atom stereocenters. The number of nitrogens with one attached hydrogen (secondary N) is 3. The van der Waals surface area contributed by atoms with Crippen LogP contribution in [0.15, 0.2) is 11.0 Å². The molecular weight excluding hydrogens is 320 g/mol. The van der Waals surface area contributed by atoms with Crippen LogP contribution in [-0.2, 0) is 15.6 Å². The van der Waals surface area contributed by atoms with Gasteiger partial charge in [0.25, 0.3) is 5.56 Å². The Morgan fingerprint density at radius 3 is 2.61 bits per heavy atom. The second-order valence-corrected chi connectivity index (χ2v) is 8.16. The first-order valence-corrected chi connectivity index (χ1v) is 9.14. The number of fused-ring (bicyclic) bond motifs is 1. The molecule has 2 rings (SSSR count). The van der Waals surface area contributed by atoms with E-state index in [2.05, 4.69) is 25.1 Å². The van der Waals surface area contributed by atoms with Crippen LogP contribution in [0.2, 0.25) is 0 Å². The fraction of sp³-hybridized carbons (Fsp3) is 0.615. The van der Waals surface area contributed by atoms with Gasteiger partial charge in [0.1, 0.15) is 5.39 Å². The average molecular weight is 342 g/mol. The van der Waals surface area contributed by atoms with E-state index in [0.29, 0.717) is 36.5 Å². The molecule has 0 aliphatic heterocycles. The summed E-state index contributed by atoms with van der Waals surface area (Å²) in [4.78, 5) is 19.1. The number of aromatic amines is 1. The first-order chi connectivity index (χ1) is 10.6. The van der Waals surface area contributed by atoms with Gasteiger partial charge in [-0.15, -0.1) is 0 Å². The van der Waals surface area contributed by atoms with Crippen molar-refractivity contribution in [3.05, 3.63) is 16.6 Å². The number of sulfonamides is 1. The molecule has 0 spiro atoms. The second-order valence-electron chi connectivity index (χ2n) is 6.33. The third-order valence-corrected chi connectivity index (χ3v) is 3.81. The van der Waals surface area contributed by atoms with E-state index in [0.717, 1.165) is 6.26 Å². The molecule has 2 aromatic heterocycles. The first-order valence-electron chi connectivity index (χ1n) is 7.25. The molecule has 0 atom stereocenters. The summed E-state index contributed by atoms with van der Waals surface area (Å²) in [5.41, 5.74) is -0.0422. The maximum Gasteiger partial charge on any atom is 0.263 e. The van der Waals surface area contributed by atoms with Crippen molar-refractivity contribution < 1.29 is 8.42 Å². The number of anilines is 1. The minimum absolute atomic E-state index is 0.262. The third kappa shape index (κ3) is 4.52. The van der Waals surface area contributed by atoms with E-state index < -0.39 is 10.0 Å². The van der Waals surface area contributed by atoms with E-state index in [-0.39, 0.29) is 11.1 Å². The predicted octanol–water partition coefficient (Wildman–Crippen LogP) is 0.226. The van der Waals surface area contributed by atoms with Crippen LogP contribution < -0.4 is 15.6 Å². The highest BCUT2D eigenvalue weighted by molar-refractivity contribution is 7.88. The molecule has 2 heterocycles. The van der Waals surface area contributed by atoms with Crippen molar-refractivity contribution in [3.8, 4) is 0 Å². The van der Waals surface area contributed by atoms with Crippen LogP contribution >= 0.6 is 0 Å². The number of aromatic nitrogens is 4. The fourth-order valence-corrected chi connectivity index (χ4v) is 2.56. The fourth-order valence-electron chi connectivity index (χ4n) is 2.05. The molecule has 0 radical (unpaired) electrons. The molecular formula is C13H22N6O3S. The molecule has 0 saturated heterocycles. The van der Waals surface area contributed by atoms with Crippen molar-refractivity contribution in [3.63, 3.8) is 0 Å². The summed E-state index contributed by atoms with van der Waals surface area (Å²) < 4.78 is 26.0. The molecule has 3 N–H and O–H groups in total. The van der Waals surface area contributed by atoms with Gasteiger partial charge in [-0.2, -0.15) is 10.1 Å². The molecule has 0 saturated carbocycles. The van der Waals surface area contributed by atoms with Gasteiger partial charge in [-0.3, -0.25) is 9.78 Å². The third-order valence-electron chi connectivity index (χ3n) is 3.08. The lowest BCUT2D eigenvalue weighted by Crippen LogP contribution is -2.25. The minimum Gasteiger partial charge on any atom is -0.356 e. The van der Waals surface area contributed by atoms with Gasteiger partial charge >= 0.3 is 0 Å². The molecule has 128 valence electrons. The van der Waals surface area contributed by atoms with Gasteiger partial charge in [0.05, 0.1) is 18.0 Å². The number of nitrogens with zero attached hydrogens (tertiary/aromatic N) is 3. The Hall–Kier alpha value is -1.94. The Labute approximate surface area is 134 Å². The summed E-state index contributed by atoms with van der Waals surface area (Å²) in [6.45, 7) is 6.73. The summed E-state index contributed by atoms with van der Waals surface area (Å²) in [6.07, 6.45) is 3.18. The van der Waals surface area contributed by atoms with Gasteiger partial charge < -0.3 is 5.32 Å². The smallest absolute Gasteiger partial charge is 0.263 e. The monoisotopic (exact) mass is 342 g/mol. The lowest BCUT2D eigenvalue weighted by atomic mass is 10.1. The molecule has 0 aliphatic carbocycles. The Balaban J connectivity index is 2.11. The lowest BCUT2D eigenvalue weighted by Gasteiger charge is -2.19. The van der Waals surface area contributed by atoms with Gasteiger partial charge in [-0.05, 0) is 27.2 Å². The van der Waals surface area contributed by atoms with E-state index in [4.69, 9.17) is 0 Å². The van der Waals surface area contributed by atoms with E-state index >= 15 is 0 Å². The van der Waals surface area contributed by atoms with Crippen LogP contribution in [0, 0.1) is 0 Å². The van der Waals surface area contributed by atoms with E-state index in [1.165, 1.54) is 6.20 Å². The minimum atomic E-state index is -3.18. The zero-order valence-electron chi connectivity index (χ0n) is 13.7. The number of hydrogen-bond donors (Lipinski definition) is 3. The highest BCUT2D eigenvalue weighted by atomic mass is 32.2. The van der Waals surface area contributed by atoms with Crippen molar-refractivity contribution in [2.45, 2.75) is 32.7 Å². The van der Waals surface area contributed by atoms with Gasteiger partial charge in [-0.1, -0.05) is 0 Å². The quantitative estimate of drug-likeness (QED) is 0.646. The molecule has 9 nitrogen and oxygen atoms in total. The largest absolute Gasteiger partial charge is 0.356 e. The summed E-state index contributed by atoms with van der Waals surface area (Å²) in [7, 11) is -3.18. The molecule has 0 aliphatic rings. The number of H-pyrrole nitrogens is 1. The standard InChI is InChI=1S/C13H22N6O3S/c1-13(2,3)19-10-9(8-15-19)11(20)18-12(17-10)14-6-5-7-16-23(4,21)22/h8,16H,5-7H2,1-4H3,(H2,14,17,18,20). The Bertz CT molecular complexity index is 847. The number of rotatable bonds is 6. The van der Waals surface area contributed by atoms with Crippen LogP contribution in [0.25, 0.3) is 11.0 Å².